The van der Waals surface area contributed by atoms with Gasteiger partial charge in [-0.05, 0) is 50.8 Å². The number of hydrogen-bond acceptors (Lipinski definition) is 6. The first-order chi connectivity index (χ1) is 16.1. The van der Waals surface area contributed by atoms with Crippen LogP contribution in [0, 0.1) is 26.7 Å². The lowest BCUT2D eigenvalue weighted by Gasteiger charge is -2.40. The van der Waals surface area contributed by atoms with E-state index in [-0.39, 0.29) is 24.7 Å². The van der Waals surface area contributed by atoms with E-state index in [1.165, 1.54) is 28.0 Å². The summed E-state index contributed by atoms with van der Waals surface area (Å²) in [6.07, 6.45) is 1.13. The molecule has 3 heterocycles. The minimum atomic E-state index is -4.15. The van der Waals surface area contributed by atoms with Crippen molar-refractivity contribution >= 4 is 21.6 Å². The van der Waals surface area contributed by atoms with E-state index in [4.69, 9.17) is 0 Å². The Bertz CT molecular complexity index is 1310. The lowest BCUT2D eigenvalue weighted by Crippen LogP contribution is -2.53. The number of nitrogens with zero attached hydrogens (tertiary/aromatic N) is 3. The van der Waals surface area contributed by atoms with Crippen molar-refractivity contribution in [1.82, 2.24) is 19.2 Å². The molecule has 2 N–H and O–H groups in total. The molecule has 34 heavy (non-hydrogen) atoms. The largest absolute Gasteiger partial charge is 0.368 e. The molecule has 0 radical (unpaired) electrons. The number of carbonyl (C=O) groups is 1. The highest BCUT2D eigenvalue weighted by atomic mass is 32.2. The third kappa shape index (κ3) is 4.54. The molecule has 2 fully saturated rings. The SMILES string of the molecule is Cc1cccc(N2CCN(C(=O)C3CCCN(S(=O)(=O)c4c(C)[nH]c(=O)[nH]c4=O)C3)CC2)c1C. The molecule has 2 aromatic rings. The number of hydrogen-bond donors (Lipinski definition) is 2. The van der Waals surface area contributed by atoms with Gasteiger partial charge >= 0.3 is 5.69 Å². The van der Waals surface area contributed by atoms with Crippen molar-refractivity contribution in [2.45, 2.75) is 38.5 Å². The van der Waals surface area contributed by atoms with E-state index < -0.39 is 32.1 Å². The van der Waals surface area contributed by atoms with Crippen LogP contribution in [0.15, 0.2) is 32.7 Å². The lowest BCUT2D eigenvalue weighted by atomic mass is 9.97. The number of nitrogens with one attached hydrogen (secondary N) is 2. The third-order valence-corrected chi connectivity index (χ3v) is 8.93. The number of amides is 1. The first-order valence-corrected chi connectivity index (χ1v) is 13.0. The fraction of sp³-hybridized carbons (Fsp3) is 0.522. The molecule has 1 unspecified atom stereocenters. The number of H-pyrrole nitrogens is 2. The second-order valence-corrected chi connectivity index (χ2v) is 11.0. The fourth-order valence-corrected chi connectivity index (χ4v) is 6.62. The number of aromatic amines is 2. The number of anilines is 1. The van der Waals surface area contributed by atoms with E-state index in [1.807, 2.05) is 16.0 Å². The van der Waals surface area contributed by atoms with Gasteiger partial charge in [-0.25, -0.2) is 13.2 Å². The smallest absolute Gasteiger partial charge is 0.325 e. The van der Waals surface area contributed by atoms with Crippen molar-refractivity contribution in [3.05, 3.63) is 55.9 Å². The molecule has 10 nitrogen and oxygen atoms in total. The van der Waals surface area contributed by atoms with Crippen LogP contribution in [-0.2, 0) is 14.8 Å². The van der Waals surface area contributed by atoms with E-state index in [1.54, 1.807) is 0 Å². The van der Waals surface area contributed by atoms with E-state index in [0.717, 1.165) is 13.1 Å². The summed E-state index contributed by atoms with van der Waals surface area (Å²) in [4.78, 5) is 44.9. The second kappa shape index (κ2) is 9.38. The summed E-state index contributed by atoms with van der Waals surface area (Å²) in [5, 5.41) is 0. The number of benzene rings is 1. The molecule has 4 rings (SSSR count). The zero-order valence-corrected chi connectivity index (χ0v) is 20.6. The highest BCUT2D eigenvalue weighted by molar-refractivity contribution is 7.89. The van der Waals surface area contributed by atoms with Crippen LogP contribution >= 0.6 is 0 Å². The number of piperazine rings is 1. The van der Waals surface area contributed by atoms with Gasteiger partial charge in [-0.3, -0.25) is 14.6 Å². The topological polar surface area (TPSA) is 127 Å². The zero-order valence-electron chi connectivity index (χ0n) is 19.8. The number of piperidine rings is 1. The van der Waals surface area contributed by atoms with Gasteiger partial charge in [0.15, 0.2) is 4.90 Å². The Morgan fingerprint density at radius 2 is 1.71 bits per heavy atom. The van der Waals surface area contributed by atoms with Crippen molar-refractivity contribution < 1.29 is 13.2 Å². The van der Waals surface area contributed by atoms with Gasteiger partial charge in [-0.2, -0.15) is 4.31 Å². The normalized spacial score (nSPS) is 19.9. The van der Waals surface area contributed by atoms with Crippen molar-refractivity contribution in [2.24, 2.45) is 5.92 Å². The van der Waals surface area contributed by atoms with Gasteiger partial charge in [-0.1, -0.05) is 12.1 Å². The summed E-state index contributed by atoms with van der Waals surface area (Å²) in [7, 11) is -4.15. The minimum absolute atomic E-state index is 0.00948. The molecule has 0 spiro atoms. The molecule has 184 valence electrons. The average molecular weight is 490 g/mol. The van der Waals surface area contributed by atoms with Gasteiger partial charge in [0.25, 0.3) is 5.56 Å². The maximum atomic E-state index is 13.3. The molecule has 11 heteroatoms. The van der Waals surface area contributed by atoms with E-state index in [2.05, 4.69) is 35.9 Å². The molecule has 1 amide bonds. The van der Waals surface area contributed by atoms with Crippen LogP contribution in [0.2, 0.25) is 0 Å². The maximum absolute atomic E-state index is 13.3. The van der Waals surface area contributed by atoms with Crippen LogP contribution in [0.4, 0.5) is 5.69 Å². The number of sulfonamides is 1. The fourth-order valence-electron chi connectivity index (χ4n) is 4.89. The maximum Gasteiger partial charge on any atom is 0.325 e. The van der Waals surface area contributed by atoms with Crippen molar-refractivity contribution in [3.63, 3.8) is 0 Å². The van der Waals surface area contributed by atoms with Crippen molar-refractivity contribution in [3.8, 4) is 0 Å². The second-order valence-electron chi connectivity index (χ2n) is 9.10. The Morgan fingerprint density at radius 1 is 1.00 bits per heavy atom. The molecule has 0 bridgehead atoms. The predicted octanol–water partition coefficient (Wildman–Crippen LogP) is 0.738. The zero-order chi connectivity index (χ0) is 24.6. The Kier molecular flexibility index (Phi) is 6.68. The molecular formula is C23H31N5O5S. The summed E-state index contributed by atoms with van der Waals surface area (Å²) in [6.45, 7) is 8.42. The summed E-state index contributed by atoms with van der Waals surface area (Å²) in [5.74, 6) is -0.509. The molecular weight excluding hydrogens is 458 g/mol. The van der Waals surface area contributed by atoms with Gasteiger partial charge in [-0.15, -0.1) is 0 Å². The molecule has 2 saturated heterocycles. The molecule has 0 aliphatic carbocycles. The number of aryl methyl sites for hydroxylation is 2. The highest BCUT2D eigenvalue weighted by Crippen LogP contribution is 2.27. The van der Waals surface area contributed by atoms with Gasteiger partial charge in [0.05, 0.1) is 5.92 Å². The van der Waals surface area contributed by atoms with Crippen LogP contribution < -0.4 is 16.1 Å². The van der Waals surface area contributed by atoms with Crippen LogP contribution in [0.1, 0.15) is 29.7 Å². The van der Waals surface area contributed by atoms with E-state index in [0.29, 0.717) is 25.9 Å². The molecule has 0 saturated carbocycles. The molecule has 1 aromatic carbocycles. The highest BCUT2D eigenvalue weighted by Gasteiger charge is 2.37. The summed E-state index contributed by atoms with van der Waals surface area (Å²) in [5.41, 5.74) is 1.94. The predicted molar refractivity (Wildman–Crippen MR) is 129 cm³/mol. The standard InChI is InChI=1S/C23H31N5O5S/c1-15-6-4-8-19(16(15)2)26-10-12-27(13-11-26)22(30)18-7-5-9-28(14-18)34(32,33)20-17(3)24-23(31)25-21(20)29/h4,6,8,18H,5,7,9-14H2,1-3H3,(H2,24,25,29,31). The van der Waals surface area contributed by atoms with Crippen molar-refractivity contribution in [2.75, 3.05) is 44.2 Å². The van der Waals surface area contributed by atoms with Crippen LogP contribution in [0.3, 0.4) is 0 Å². The number of aromatic nitrogens is 2. The Balaban J connectivity index is 1.45. The Morgan fingerprint density at radius 3 is 2.38 bits per heavy atom. The molecule has 1 aromatic heterocycles. The van der Waals surface area contributed by atoms with Crippen LogP contribution in [0.25, 0.3) is 0 Å². The number of rotatable bonds is 4. The van der Waals surface area contributed by atoms with Crippen molar-refractivity contribution in [1.29, 1.82) is 0 Å². The monoisotopic (exact) mass is 489 g/mol. The molecule has 2 aliphatic heterocycles. The summed E-state index contributed by atoms with van der Waals surface area (Å²) < 4.78 is 27.6. The van der Waals surface area contributed by atoms with E-state index >= 15 is 0 Å². The quantitative estimate of drug-likeness (QED) is 0.652. The first-order valence-electron chi connectivity index (χ1n) is 11.5. The lowest BCUT2D eigenvalue weighted by molar-refractivity contribution is -0.137. The summed E-state index contributed by atoms with van der Waals surface area (Å²) >= 11 is 0. The Labute approximate surface area is 198 Å². The number of carbonyl (C=O) groups excluding carboxylic acids is 1. The van der Waals surface area contributed by atoms with Gasteiger partial charge in [0.1, 0.15) is 0 Å². The van der Waals surface area contributed by atoms with Gasteiger partial charge < -0.3 is 14.8 Å². The minimum Gasteiger partial charge on any atom is -0.368 e. The van der Waals surface area contributed by atoms with Gasteiger partial charge in [0.2, 0.25) is 15.9 Å². The first kappa shape index (κ1) is 24.2. The molecule has 1 atom stereocenters. The van der Waals surface area contributed by atoms with Crippen LogP contribution in [0.5, 0.6) is 0 Å². The van der Waals surface area contributed by atoms with E-state index in [9.17, 15) is 22.8 Å². The molecule has 2 aliphatic rings. The van der Waals surface area contributed by atoms with Gasteiger partial charge in [0, 0.05) is 50.6 Å². The Hall–Kier alpha value is -2.92. The summed E-state index contributed by atoms with van der Waals surface area (Å²) in [6, 6.07) is 6.23. The van der Waals surface area contributed by atoms with Crippen LogP contribution in [-0.4, -0.2) is 72.8 Å². The third-order valence-electron chi connectivity index (χ3n) is 6.91. The average Bonchev–Trinajstić information content (AvgIpc) is 2.80.